The average molecular weight is 541 g/mol. The van der Waals surface area contributed by atoms with Crippen LogP contribution in [0, 0.1) is 0 Å². The van der Waals surface area contributed by atoms with E-state index in [9.17, 15) is 9.90 Å². The highest BCUT2D eigenvalue weighted by Crippen LogP contribution is 2.38. The van der Waals surface area contributed by atoms with E-state index in [1.54, 1.807) is 0 Å². The monoisotopic (exact) mass is 540 g/mol. The van der Waals surface area contributed by atoms with Gasteiger partial charge in [-0.3, -0.25) is 14.7 Å². The summed E-state index contributed by atoms with van der Waals surface area (Å²) in [6.07, 6.45) is 1.48. The van der Waals surface area contributed by atoms with Crippen molar-refractivity contribution in [2.24, 2.45) is 0 Å². The van der Waals surface area contributed by atoms with E-state index in [1.807, 2.05) is 72.8 Å². The largest absolute Gasteiger partial charge is 0.392 e. The molecule has 0 unspecified atom stereocenters. The van der Waals surface area contributed by atoms with Crippen molar-refractivity contribution >= 4 is 22.6 Å². The molecule has 0 radical (unpaired) electrons. The minimum atomic E-state index is -0.557. The summed E-state index contributed by atoms with van der Waals surface area (Å²) in [5, 5.41) is 12.3. The molecule has 3 aromatic carbocycles. The van der Waals surface area contributed by atoms with Gasteiger partial charge in [0.15, 0.2) is 6.29 Å². The first-order chi connectivity index (χ1) is 19.6. The van der Waals surface area contributed by atoms with E-state index in [2.05, 4.69) is 20.2 Å². The number of hydrogen-bond donors (Lipinski definition) is 2. The summed E-state index contributed by atoms with van der Waals surface area (Å²) in [5.74, 6) is -0.326. The third-order valence-electron chi connectivity index (χ3n) is 7.30. The molecule has 6 rings (SSSR count). The van der Waals surface area contributed by atoms with Crippen molar-refractivity contribution in [2.45, 2.75) is 31.5 Å². The molecule has 2 aliphatic heterocycles. The summed E-state index contributed by atoms with van der Waals surface area (Å²) in [5.41, 5.74) is 5.09. The summed E-state index contributed by atoms with van der Waals surface area (Å²) in [7, 11) is 0. The molecule has 2 saturated heterocycles. The number of anilines is 1. The Bertz CT molecular complexity index is 1440. The molecule has 3 heterocycles. The topological polar surface area (TPSA) is 106 Å². The van der Waals surface area contributed by atoms with Crippen LogP contribution in [0.5, 0.6) is 0 Å². The summed E-state index contributed by atoms with van der Waals surface area (Å²) < 4.78 is 18.4. The van der Waals surface area contributed by atoms with E-state index in [-0.39, 0.29) is 30.4 Å². The van der Waals surface area contributed by atoms with Gasteiger partial charge < -0.3 is 24.6 Å². The van der Waals surface area contributed by atoms with E-state index in [0.717, 1.165) is 61.5 Å². The first kappa shape index (κ1) is 26.5. The molecule has 0 bridgehead atoms. The van der Waals surface area contributed by atoms with Crippen LogP contribution < -0.4 is 5.32 Å². The number of aromatic nitrogens is 2. The number of hydrogen-bond acceptors (Lipinski definition) is 8. The zero-order valence-corrected chi connectivity index (χ0v) is 22.1. The van der Waals surface area contributed by atoms with E-state index >= 15 is 0 Å². The van der Waals surface area contributed by atoms with Crippen LogP contribution >= 0.6 is 0 Å². The predicted molar refractivity (Wildman–Crippen MR) is 150 cm³/mol. The number of aliphatic hydroxyl groups excluding tert-OH is 1. The van der Waals surface area contributed by atoms with Gasteiger partial charge in [-0.15, -0.1) is 0 Å². The number of para-hydroxylation sites is 2. The molecule has 0 saturated carbocycles. The molecular formula is C31H32N4O5. The third kappa shape index (κ3) is 6.19. The van der Waals surface area contributed by atoms with Gasteiger partial charge in [-0.2, -0.15) is 0 Å². The second kappa shape index (κ2) is 12.2. The molecule has 0 spiro atoms. The maximum Gasteiger partial charge on any atom is 0.275 e. The molecule has 2 fully saturated rings. The fraction of sp³-hybridized carbons (Fsp3) is 0.323. The van der Waals surface area contributed by atoms with Gasteiger partial charge >= 0.3 is 0 Å². The van der Waals surface area contributed by atoms with Gasteiger partial charge in [-0.05, 0) is 35.4 Å². The van der Waals surface area contributed by atoms with E-state index < -0.39 is 6.29 Å². The summed E-state index contributed by atoms with van der Waals surface area (Å²) in [6.45, 7) is 4.05. The van der Waals surface area contributed by atoms with Crippen molar-refractivity contribution in [3.63, 3.8) is 0 Å². The number of benzene rings is 3. The van der Waals surface area contributed by atoms with Crippen LogP contribution in [0.25, 0.3) is 11.0 Å². The minimum absolute atomic E-state index is 0.00746. The molecule has 0 aliphatic carbocycles. The molecule has 1 aromatic heterocycles. The molecule has 2 N–H and O–H groups in total. The molecule has 4 aromatic rings. The van der Waals surface area contributed by atoms with Crippen molar-refractivity contribution < 1.29 is 24.1 Å². The second-order valence-electron chi connectivity index (χ2n) is 10.1. The van der Waals surface area contributed by atoms with Gasteiger partial charge in [0, 0.05) is 37.3 Å². The van der Waals surface area contributed by atoms with Crippen molar-refractivity contribution in [3.8, 4) is 0 Å². The van der Waals surface area contributed by atoms with Gasteiger partial charge in [-0.1, -0.05) is 48.5 Å². The highest BCUT2D eigenvalue weighted by molar-refractivity contribution is 6.03. The van der Waals surface area contributed by atoms with Crippen molar-refractivity contribution in [1.29, 1.82) is 0 Å². The number of carbonyl (C=O) groups excluding carboxylic acids is 1. The highest BCUT2D eigenvalue weighted by Gasteiger charge is 2.33. The molecule has 1 amide bonds. The van der Waals surface area contributed by atoms with Crippen LogP contribution in [-0.4, -0.2) is 64.8 Å². The lowest BCUT2D eigenvalue weighted by Crippen LogP contribution is -2.44. The second-order valence-corrected chi connectivity index (χ2v) is 10.1. The van der Waals surface area contributed by atoms with Gasteiger partial charge in [0.05, 0.1) is 49.3 Å². The molecule has 3 atom stereocenters. The van der Waals surface area contributed by atoms with Crippen LogP contribution in [0.3, 0.4) is 0 Å². The minimum Gasteiger partial charge on any atom is -0.392 e. The molecule has 9 nitrogen and oxygen atoms in total. The molecule has 9 heteroatoms. The number of nitrogens with zero attached hydrogens (tertiary/aromatic N) is 3. The smallest absolute Gasteiger partial charge is 0.275 e. The number of carbonyl (C=O) groups is 1. The number of morpholine rings is 1. The highest BCUT2D eigenvalue weighted by atomic mass is 16.7. The fourth-order valence-corrected chi connectivity index (χ4v) is 5.09. The first-order valence-electron chi connectivity index (χ1n) is 13.6. The lowest BCUT2D eigenvalue weighted by atomic mass is 9.99. The normalized spacial score (nSPS) is 21.8. The van der Waals surface area contributed by atoms with Gasteiger partial charge in [0.1, 0.15) is 5.69 Å². The number of ether oxygens (including phenoxy) is 3. The third-order valence-corrected chi connectivity index (χ3v) is 7.30. The van der Waals surface area contributed by atoms with Crippen LogP contribution in [-0.2, 0) is 20.8 Å². The first-order valence-corrected chi connectivity index (χ1v) is 13.6. The van der Waals surface area contributed by atoms with Crippen LogP contribution in [0.2, 0.25) is 0 Å². The molecular weight excluding hydrogens is 508 g/mol. The maximum absolute atomic E-state index is 12.8. The molecule has 206 valence electrons. The Balaban J connectivity index is 1.17. The Kier molecular flexibility index (Phi) is 8.08. The van der Waals surface area contributed by atoms with Crippen LogP contribution in [0.1, 0.15) is 46.0 Å². The summed E-state index contributed by atoms with van der Waals surface area (Å²) >= 11 is 0. The fourth-order valence-electron chi connectivity index (χ4n) is 5.09. The Morgan fingerprint density at radius 2 is 1.65 bits per heavy atom. The Morgan fingerprint density at radius 3 is 2.40 bits per heavy atom. The van der Waals surface area contributed by atoms with E-state index in [1.165, 1.54) is 6.20 Å². The predicted octanol–water partition coefficient (Wildman–Crippen LogP) is 4.25. The van der Waals surface area contributed by atoms with Gasteiger partial charge in [0.25, 0.3) is 5.91 Å². The number of amides is 1. The average Bonchev–Trinajstić information content (AvgIpc) is 3.01. The lowest BCUT2D eigenvalue weighted by molar-refractivity contribution is -0.253. The van der Waals surface area contributed by atoms with Gasteiger partial charge in [-0.25, -0.2) is 4.98 Å². The maximum atomic E-state index is 12.8. The molecule has 2 aliphatic rings. The number of rotatable bonds is 7. The van der Waals surface area contributed by atoms with Crippen molar-refractivity contribution in [2.75, 3.05) is 38.2 Å². The van der Waals surface area contributed by atoms with Crippen molar-refractivity contribution in [1.82, 2.24) is 14.9 Å². The summed E-state index contributed by atoms with van der Waals surface area (Å²) in [4.78, 5) is 24.0. The van der Waals surface area contributed by atoms with E-state index in [0.29, 0.717) is 11.2 Å². The Hall–Kier alpha value is -3.73. The number of nitrogens with one attached hydrogen (secondary N) is 1. The SMILES string of the molecule is O=C(Nc1ccc([C@H]2O[C@@H](CN3CCOCC3)C[C@@H](c3ccc(CO)cc3)O2)cc1)c1cnc2ccccc2n1. The van der Waals surface area contributed by atoms with Crippen LogP contribution in [0.15, 0.2) is 79.0 Å². The quantitative estimate of drug-likeness (QED) is 0.358. The van der Waals surface area contributed by atoms with Crippen molar-refractivity contribution in [3.05, 3.63) is 101 Å². The number of aliphatic hydroxyl groups is 1. The van der Waals surface area contributed by atoms with E-state index in [4.69, 9.17) is 14.2 Å². The van der Waals surface area contributed by atoms with Gasteiger partial charge in [0.2, 0.25) is 0 Å². The Labute approximate surface area is 232 Å². The Morgan fingerprint density at radius 1 is 0.925 bits per heavy atom. The zero-order valence-electron chi connectivity index (χ0n) is 22.1. The summed E-state index contributed by atoms with van der Waals surface area (Å²) in [6, 6.07) is 22.8. The number of fused-ring (bicyclic) bond motifs is 1. The van der Waals surface area contributed by atoms with Crippen LogP contribution in [0.4, 0.5) is 5.69 Å². The lowest BCUT2D eigenvalue weighted by Gasteiger charge is -2.39. The zero-order chi connectivity index (χ0) is 27.3. The molecule has 40 heavy (non-hydrogen) atoms. The standard InChI is InChI=1S/C31H32N4O5/c36-20-21-5-7-22(8-6-21)29-17-25(19-35-13-15-38-16-14-35)39-31(40-29)23-9-11-24(12-10-23)33-30(37)28-18-32-26-3-1-2-4-27(26)34-28/h1-12,18,25,29,31,36H,13-17,19-20H2,(H,33,37)/t25-,29+,31+/m1/s1.